The minimum Gasteiger partial charge on any atom is -0.482 e. The van der Waals surface area contributed by atoms with E-state index in [1.807, 2.05) is 45.0 Å². The molecule has 0 aromatic heterocycles. The molecule has 0 unspecified atom stereocenters. The summed E-state index contributed by atoms with van der Waals surface area (Å²) < 4.78 is 11.2. The fraction of sp³-hybridized carbons (Fsp3) is 0.565. The maximum absolute atomic E-state index is 12.0. The monoisotopic (exact) mass is 414 g/mol. The van der Waals surface area contributed by atoms with Gasteiger partial charge in [0, 0.05) is 12.8 Å². The van der Waals surface area contributed by atoms with Gasteiger partial charge in [0.15, 0.2) is 6.10 Å². The largest absolute Gasteiger partial charge is 0.482 e. The Morgan fingerprint density at radius 2 is 1.77 bits per heavy atom. The number of aliphatic imine (C=N–C) groups is 1. The van der Waals surface area contributed by atoms with E-state index in [0.29, 0.717) is 24.6 Å². The Morgan fingerprint density at radius 3 is 2.40 bits per heavy atom. The second kappa shape index (κ2) is 9.51. The van der Waals surface area contributed by atoms with Crippen LogP contribution in [0.4, 0.5) is 0 Å². The van der Waals surface area contributed by atoms with Gasteiger partial charge in [0.1, 0.15) is 11.4 Å². The number of Topliss-reactive ketones (excluding diaryl/α,β-unsaturated/α-hetero) is 1. The quantitative estimate of drug-likeness (QED) is 0.689. The van der Waals surface area contributed by atoms with Gasteiger partial charge in [-0.3, -0.25) is 19.3 Å². The van der Waals surface area contributed by atoms with E-state index in [1.54, 1.807) is 0 Å². The zero-order valence-corrected chi connectivity index (χ0v) is 17.9. The molecular formula is C23H30N2O5. The number of hydrogen-bond acceptors (Lipinski definition) is 6. The van der Waals surface area contributed by atoms with E-state index in [2.05, 4.69) is 9.89 Å². The van der Waals surface area contributed by atoms with Gasteiger partial charge in [0.25, 0.3) is 0 Å². The molecule has 2 aliphatic rings. The van der Waals surface area contributed by atoms with Crippen LogP contribution >= 0.6 is 0 Å². The zero-order chi connectivity index (χ0) is 21.7. The number of esters is 1. The Kier molecular flexibility index (Phi) is 7.02. The predicted molar refractivity (Wildman–Crippen MR) is 113 cm³/mol. The summed E-state index contributed by atoms with van der Waals surface area (Å²) in [7, 11) is 0. The molecule has 30 heavy (non-hydrogen) atoms. The van der Waals surface area contributed by atoms with Crippen molar-refractivity contribution in [1.29, 1.82) is 0 Å². The van der Waals surface area contributed by atoms with E-state index in [9.17, 15) is 14.4 Å². The fourth-order valence-electron chi connectivity index (χ4n) is 3.76. The van der Waals surface area contributed by atoms with Crippen molar-refractivity contribution in [2.24, 2.45) is 4.99 Å². The number of ether oxygens (including phenoxy) is 2. The van der Waals surface area contributed by atoms with Crippen LogP contribution in [0, 0.1) is 0 Å². The van der Waals surface area contributed by atoms with Crippen molar-refractivity contribution in [3.05, 3.63) is 29.8 Å². The molecule has 1 fully saturated rings. The number of nitrogens with zero attached hydrogens (tertiary/aromatic N) is 2. The van der Waals surface area contributed by atoms with Crippen LogP contribution in [0.3, 0.4) is 0 Å². The van der Waals surface area contributed by atoms with E-state index < -0.39 is 11.7 Å². The molecule has 0 aliphatic carbocycles. The first-order chi connectivity index (χ1) is 14.2. The minimum atomic E-state index is -0.665. The van der Waals surface area contributed by atoms with E-state index in [-0.39, 0.29) is 24.1 Å². The van der Waals surface area contributed by atoms with Gasteiger partial charge in [-0.05, 0) is 70.3 Å². The molecule has 3 rings (SSSR count). The van der Waals surface area contributed by atoms with Crippen molar-refractivity contribution in [3.8, 4) is 5.75 Å². The van der Waals surface area contributed by atoms with Gasteiger partial charge in [-0.25, -0.2) is 4.99 Å². The van der Waals surface area contributed by atoms with Crippen LogP contribution in [0.2, 0.25) is 0 Å². The Bertz CT molecular complexity index is 802. The SMILES string of the molecule is CC(C)(C)OC(=O)CN1CCC(c2ccc(O[C@H]3CCC(=O)N=CC3=O)cc2)CC1. The molecule has 0 bridgehead atoms. The summed E-state index contributed by atoms with van der Waals surface area (Å²) >= 11 is 0. The molecule has 2 aliphatic heterocycles. The molecule has 1 aromatic rings. The third-order valence-electron chi connectivity index (χ3n) is 5.26. The van der Waals surface area contributed by atoms with E-state index in [0.717, 1.165) is 32.1 Å². The van der Waals surface area contributed by atoms with Crippen LogP contribution in [-0.2, 0) is 19.1 Å². The first-order valence-electron chi connectivity index (χ1n) is 10.5. The van der Waals surface area contributed by atoms with E-state index in [1.165, 1.54) is 5.56 Å². The third-order valence-corrected chi connectivity index (χ3v) is 5.26. The molecule has 1 saturated heterocycles. The molecule has 1 aromatic carbocycles. The highest BCUT2D eigenvalue weighted by Crippen LogP contribution is 2.29. The topological polar surface area (TPSA) is 85.3 Å². The van der Waals surface area contributed by atoms with Crippen LogP contribution in [0.25, 0.3) is 0 Å². The smallest absolute Gasteiger partial charge is 0.320 e. The molecule has 2 heterocycles. The number of ketones is 1. The molecule has 1 amide bonds. The summed E-state index contributed by atoms with van der Waals surface area (Å²) in [6, 6.07) is 7.81. The van der Waals surface area contributed by atoms with Crippen LogP contribution in [0.15, 0.2) is 29.3 Å². The molecule has 7 heteroatoms. The Morgan fingerprint density at radius 1 is 1.10 bits per heavy atom. The average Bonchev–Trinajstić information content (AvgIpc) is 2.83. The van der Waals surface area contributed by atoms with Crippen molar-refractivity contribution >= 4 is 23.9 Å². The van der Waals surface area contributed by atoms with Crippen molar-refractivity contribution in [3.63, 3.8) is 0 Å². The van der Waals surface area contributed by atoms with E-state index >= 15 is 0 Å². The normalized spacial score (nSPS) is 21.4. The van der Waals surface area contributed by atoms with Gasteiger partial charge < -0.3 is 9.47 Å². The number of carbonyl (C=O) groups is 3. The maximum Gasteiger partial charge on any atom is 0.320 e. The molecule has 0 N–H and O–H groups in total. The van der Waals surface area contributed by atoms with Gasteiger partial charge in [-0.15, -0.1) is 0 Å². The number of rotatable bonds is 5. The lowest BCUT2D eigenvalue weighted by atomic mass is 9.89. The molecular weight excluding hydrogens is 384 g/mol. The number of likely N-dealkylation sites (tertiary alicyclic amines) is 1. The van der Waals surface area contributed by atoms with Crippen LogP contribution < -0.4 is 4.74 Å². The van der Waals surface area contributed by atoms with Crippen molar-refractivity contribution < 1.29 is 23.9 Å². The van der Waals surface area contributed by atoms with E-state index in [4.69, 9.17) is 9.47 Å². The highest BCUT2D eigenvalue weighted by molar-refractivity contribution is 6.31. The summed E-state index contributed by atoms with van der Waals surface area (Å²) in [5.41, 5.74) is 0.770. The zero-order valence-electron chi connectivity index (χ0n) is 17.9. The Balaban J connectivity index is 1.49. The number of hydrogen-bond donors (Lipinski definition) is 0. The molecule has 1 atom stereocenters. The second-order valence-corrected chi connectivity index (χ2v) is 8.91. The number of piperidine rings is 1. The summed E-state index contributed by atoms with van der Waals surface area (Å²) in [5.74, 6) is 0.299. The summed E-state index contributed by atoms with van der Waals surface area (Å²) in [6.45, 7) is 7.67. The van der Waals surface area contributed by atoms with Crippen LogP contribution in [-0.4, -0.2) is 60.1 Å². The lowest BCUT2D eigenvalue weighted by Crippen LogP contribution is -2.39. The lowest BCUT2D eigenvalue weighted by molar-refractivity contribution is -0.156. The standard InChI is InChI=1S/C23H30N2O5/c1-23(2,3)30-22(28)15-25-12-10-17(11-13-25)16-4-6-18(7-5-16)29-20-8-9-21(27)24-14-19(20)26/h4-7,14,17,20H,8-13,15H2,1-3H3/t20-/m0/s1. The predicted octanol–water partition coefficient (Wildman–Crippen LogP) is 2.92. The second-order valence-electron chi connectivity index (χ2n) is 8.91. The van der Waals surface area contributed by atoms with Crippen LogP contribution in [0.5, 0.6) is 5.75 Å². The van der Waals surface area contributed by atoms with Crippen molar-refractivity contribution in [2.45, 2.75) is 64.1 Å². The average molecular weight is 415 g/mol. The third kappa shape index (κ3) is 6.49. The maximum atomic E-state index is 12.0. The van der Waals surface area contributed by atoms with Gasteiger partial charge >= 0.3 is 5.97 Å². The molecule has 0 radical (unpaired) electrons. The Labute approximate surface area is 177 Å². The summed E-state index contributed by atoms with van der Waals surface area (Å²) in [6.07, 6.45) is 2.91. The number of benzene rings is 1. The Hall–Kier alpha value is -2.54. The minimum absolute atomic E-state index is 0.178. The first-order valence-corrected chi connectivity index (χ1v) is 10.5. The molecule has 0 spiro atoms. The number of amides is 1. The highest BCUT2D eigenvalue weighted by atomic mass is 16.6. The molecule has 7 nitrogen and oxygen atoms in total. The van der Waals surface area contributed by atoms with Crippen molar-refractivity contribution in [1.82, 2.24) is 4.90 Å². The molecule has 162 valence electrons. The number of carbonyl (C=O) groups excluding carboxylic acids is 3. The van der Waals surface area contributed by atoms with Crippen molar-refractivity contribution in [2.75, 3.05) is 19.6 Å². The van der Waals surface area contributed by atoms with Gasteiger partial charge in [0.2, 0.25) is 11.7 Å². The highest BCUT2D eigenvalue weighted by Gasteiger charge is 2.25. The first kappa shape index (κ1) is 22.2. The van der Waals surface area contributed by atoms with Gasteiger partial charge in [-0.2, -0.15) is 0 Å². The van der Waals surface area contributed by atoms with Gasteiger partial charge in [0.05, 0.1) is 12.8 Å². The fourth-order valence-corrected chi connectivity index (χ4v) is 3.76. The molecule has 0 saturated carbocycles. The lowest BCUT2D eigenvalue weighted by Gasteiger charge is -2.32. The van der Waals surface area contributed by atoms with Crippen LogP contribution in [0.1, 0.15) is 57.9 Å². The summed E-state index contributed by atoms with van der Waals surface area (Å²) in [4.78, 5) is 41.1. The van der Waals surface area contributed by atoms with Gasteiger partial charge in [-0.1, -0.05) is 12.1 Å². The summed E-state index contributed by atoms with van der Waals surface area (Å²) in [5, 5.41) is 0.